The molecule has 0 saturated carbocycles. The molecule has 0 fully saturated rings. The lowest BCUT2D eigenvalue weighted by molar-refractivity contribution is 0.553. The minimum atomic E-state index is 0.833. The van der Waals surface area contributed by atoms with Crippen molar-refractivity contribution in [3.05, 3.63) is 5.92 Å². The van der Waals surface area contributed by atoms with Crippen LogP contribution in [0.5, 0.6) is 0 Å². The van der Waals surface area contributed by atoms with Gasteiger partial charge in [-0.1, -0.05) is 6.92 Å². The molecule has 0 spiro atoms. The summed E-state index contributed by atoms with van der Waals surface area (Å²) < 4.78 is 0. The third kappa shape index (κ3) is 2.25. The maximum Gasteiger partial charge on any atom is 0.0968 e. The quantitative estimate of drug-likeness (QED) is 0.493. The fourth-order valence-corrected chi connectivity index (χ4v) is 0.697. The van der Waals surface area contributed by atoms with E-state index in [-0.39, 0.29) is 0 Å². The molecule has 0 aromatic heterocycles. The summed E-state index contributed by atoms with van der Waals surface area (Å²) in [5.41, 5.74) is 0. The minimum absolute atomic E-state index is 0.833. The Morgan fingerprint density at radius 3 is 2.00 bits per heavy atom. The Bertz CT molecular complexity index is 40.0. The second-order valence-corrected chi connectivity index (χ2v) is 2.51. The highest BCUT2D eigenvalue weighted by atomic mass is 14.1. The molecule has 0 N–H and O–H groups in total. The molecule has 0 heteroatoms. The molecule has 0 saturated heterocycles. The topological polar surface area (TPSA) is 0 Å². The summed E-state index contributed by atoms with van der Waals surface area (Å²) in [6.07, 6.45) is 2.54. The van der Waals surface area contributed by atoms with Gasteiger partial charge in [0.15, 0.2) is 0 Å². The summed E-state index contributed by atoms with van der Waals surface area (Å²) in [7, 11) is 0. The van der Waals surface area contributed by atoms with Crippen molar-refractivity contribution < 1.29 is 0 Å². The van der Waals surface area contributed by atoms with Crippen LogP contribution in [0.15, 0.2) is 0 Å². The Hall–Kier alpha value is -0.130. The van der Waals surface area contributed by atoms with Gasteiger partial charge in [-0.05, 0) is 20.3 Å². The van der Waals surface area contributed by atoms with Crippen molar-refractivity contribution in [1.29, 1.82) is 0 Å². The van der Waals surface area contributed by atoms with Crippen LogP contribution in [0, 0.1) is 11.8 Å². The molecule has 0 aromatic carbocycles. The second kappa shape index (κ2) is 3.82. The van der Waals surface area contributed by atoms with E-state index >= 15 is 0 Å². The third-order valence-corrected chi connectivity index (χ3v) is 2.01. The zero-order chi connectivity index (χ0) is 6.57. The summed E-state index contributed by atoms with van der Waals surface area (Å²) in [6, 6.07) is 0. The number of hydrogen-bond acceptors (Lipinski definition) is 0. The first-order valence-electron chi connectivity index (χ1n) is 3.54. The van der Waals surface area contributed by atoms with E-state index in [1.54, 1.807) is 5.92 Å². The van der Waals surface area contributed by atoms with Crippen molar-refractivity contribution in [3.63, 3.8) is 0 Å². The van der Waals surface area contributed by atoms with Gasteiger partial charge < -0.3 is 0 Å². The van der Waals surface area contributed by atoms with Crippen LogP contribution in [0.4, 0.5) is 0 Å². The molecule has 0 heterocycles. The van der Waals surface area contributed by atoms with E-state index in [2.05, 4.69) is 27.7 Å². The van der Waals surface area contributed by atoms with Crippen molar-refractivity contribution in [3.8, 4) is 0 Å². The Morgan fingerprint density at radius 1 is 1.38 bits per heavy atom. The van der Waals surface area contributed by atoms with Gasteiger partial charge in [-0.3, -0.25) is 0 Å². The van der Waals surface area contributed by atoms with Gasteiger partial charge in [0.2, 0.25) is 0 Å². The maximum atomic E-state index is 2.29. The Kier molecular flexibility index (Phi) is 3.76. The second-order valence-electron chi connectivity index (χ2n) is 2.51. The van der Waals surface area contributed by atoms with Crippen LogP contribution in [0.1, 0.15) is 40.5 Å². The molecule has 0 aliphatic carbocycles. The van der Waals surface area contributed by atoms with E-state index in [1.165, 1.54) is 12.8 Å². The first-order valence-corrected chi connectivity index (χ1v) is 3.54. The molecule has 8 heavy (non-hydrogen) atoms. The lowest BCUT2D eigenvalue weighted by atomic mass is 9.92. The molecule has 0 rings (SSSR count). The zero-order valence-electron chi connectivity index (χ0n) is 6.49. The van der Waals surface area contributed by atoms with Crippen molar-refractivity contribution in [2.45, 2.75) is 40.5 Å². The van der Waals surface area contributed by atoms with Gasteiger partial charge in [0, 0.05) is 0 Å². The molecule has 0 aliphatic rings. The number of hydrogen-bond donors (Lipinski definition) is 0. The average molecular weight is 113 g/mol. The Balaban J connectivity index is 3.29. The van der Waals surface area contributed by atoms with Gasteiger partial charge in [0.1, 0.15) is 0 Å². The highest BCUT2D eigenvalue weighted by Gasteiger charge is 2.17. The van der Waals surface area contributed by atoms with E-state index in [1.807, 2.05) is 0 Å². The first kappa shape index (κ1) is 7.87. The van der Waals surface area contributed by atoms with Crippen LogP contribution >= 0.6 is 0 Å². The van der Waals surface area contributed by atoms with Crippen LogP contribution in [-0.4, -0.2) is 0 Å². The molecule has 0 aliphatic heterocycles. The highest BCUT2D eigenvalue weighted by Crippen LogP contribution is 2.18. The molecule has 0 radical (unpaired) electrons. The van der Waals surface area contributed by atoms with Crippen LogP contribution in [0.2, 0.25) is 0 Å². The van der Waals surface area contributed by atoms with Gasteiger partial charge in [-0.15, -0.1) is 0 Å². The maximum absolute atomic E-state index is 2.29. The van der Waals surface area contributed by atoms with Gasteiger partial charge in [0.25, 0.3) is 0 Å². The monoisotopic (exact) mass is 113 g/mol. The fraction of sp³-hybridized carbons (Fsp3) is 0.875. The van der Waals surface area contributed by atoms with E-state index in [0.717, 1.165) is 5.92 Å². The Morgan fingerprint density at radius 2 is 1.88 bits per heavy atom. The highest BCUT2D eigenvalue weighted by molar-refractivity contribution is 4.86. The van der Waals surface area contributed by atoms with Gasteiger partial charge in [-0.25, -0.2) is 0 Å². The Labute approximate surface area is 53.3 Å². The van der Waals surface area contributed by atoms with E-state index in [4.69, 9.17) is 0 Å². The van der Waals surface area contributed by atoms with Gasteiger partial charge in [-0.2, -0.15) is 0 Å². The molecule has 48 valence electrons. The SMILES string of the molecule is CC[C+](C)C(C)CC. The fourth-order valence-electron chi connectivity index (χ4n) is 0.697. The van der Waals surface area contributed by atoms with Crippen molar-refractivity contribution >= 4 is 0 Å². The third-order valence-electron chi connectivity index (χ3n) is 2.01. The van der Waals surface area contributed by atoms with Gasteiger partial charge >= 0.3 is 0 Å². The molecule has 1 unspecified atom stereocenters. The average Bonchev–Trinajstić information content (AvgIpc) is 1.84. The molecule has 0 nitrogen and oxygen atoms in total. The molecular formula is C8H17+. The largest absolute Gasteiger partial charge is 0.0968 e. The van der Waals surface area contributed by atoms with E-state index in [0.29, 0.717) is 0 Å². The lowest BCUT2D eigenvalue weighted by Crippen LogP contribution is -2.01. The molecule has 1 atom stereocenters. The van der Waals surface area contributed by atoms with Crippen molar-refractivity contribution in [2.75, 3.05) is 0 Å². The minimum Gasteiger partial charge on any atom is -0.0610 e. The normalized spacial score (nSPS) is 13.5. The van der Waals surface area contributed by atoms with Gasteiger partial charge in [0.05, 0.1) is 25.2 Å². The van der Waals surface area contributed by atoms with Crippen LogP contribution in [-0.2, 0) is 0 Å². The van der Waals surface area contributed by atoms with Crippen LogP contribution in [0.25, 0.3) is 0 Å². The van der Waals surface area contributed by atoms with E-state index in [9.17, 15) is 0 Å². The van der Waals surface area contributed by atoms with Crippen LogP contribution < -0.4 is 0 Å². The van der Waals surface area contributed by atoms with E-state index < -0.39 is 0 Å². The predicted molar refractivity (Wildman–Crippen MR) is 38.7 cm³/mol. The lowest BCUT2D eigenvalue weighted by Gasteiger charge is -2.03. The van der Waals surface area contributed by atoms with Crippen molar-refractivity contribution in [1.82, 2.24) is 0 Å². The molecular weight excluding hydrogens is 96.1 g/mol. The molecule has 0 bridgehead atoms. The smallest absolute Gasteiger partial charge is 0.0610 e. The molecule has 0 amide bonds. The van der Waals surface area contributed by atoms with Crippen LogP contribution in [0.3, 0.4) is 0 Å². The predicted octanol–water partition coefficient (Wildman–Crippen LogP) is 3.04. The number of rotatable bonds is 3. The summed E-state index contributed by atoms with van der Waals surface area (Å²) in [5.74, 6) is 2.47. The summed E-state index contributed by atoms with van der Waals surface area (Å²) in [6.45, 7) is 9.00. The summed E-state index contributed by atoms with van der Waals surface area (Å²) in [4.78, 5) is 0. The first-order chi connectivity index (χ1) is 3.72. The summed E-state index contributed by atoms with van der Waals surface area (Å²) in [5, 5.41) is 0. The zero-order valence-corrected chi connectivity index (χ0v) is 6.49. The molecule has 0 aromatic rings. The standard InChI is InChI=1S/C8H17/c1-5-7(3)8(4)6-2/h7H,5-6H2,1-4H3/q+1. The van der Waals surface area contributed by atoms with Crippen molar-refractivity contribution in [2.24, 2.45) is 5.92 Å². The summed E-state index contributed by atoms with van der Waals surface area (Å²) >= 11 is 0.